The molecule has 2 rings (SSSR count). The van der Waals surface area contributed by atoms with Crippen molar-refractivity contribution in [1.29, 1.82) is 0 Å². The van der Waals surface area contributed by atoms with E-state index in [0.717, 1.165) is 11.1 Å². The molecule has 0 amide bonds. The Kier molecular flexibility index (Phi) is 6.05. The first-order chi connectivity index (χ1) is 12.0. The van der Waals surface area contributed by atoms with Gasteiger partial charge >= 0.3 is 0 Å². The van der Waals surface area contributed by atoms with Crippen LogP contribution in [0.5, 0.6) is 5.75 Å². The summed E-state index contributed by atoms with van der Waals surface area (Å²) < 4.78 is 0. The Bertz CT molecular complexity index is 727. The third-order valence-electron chi connectivity index (χ3n) is 5.06. The van der Waals surface area contributed by atoms with Gasteiger partial charge in [0, 0.05) is 24.8 Å². The van der Waals surface area contributed by atoms with E-state index in [0.29, 0.717) is 24.1 Å². The molecule has 2 aromatic rings. The fraction of sp³-hybridized carbons (Fsp3) is 0.500. The van der Waals surface area contributed by atoms with Crippen molar-refractivity contribution in [2.45, 2.75) is 72.3 Å². The molecule has 0 bridgehead atoms. The minimum absolute atomic E-state index is 0.0718. The lowest BCUT2D eigenvalue weighted by atomic mass is 9.85. The smallest absolute Gasteiger partial charge is 0.124 e. The molecule has 0 aliphatic rings. The summed E-state index contributed by atoms with van der Waals surface area (Å²) in [5, 5.41) is 10.9. The van der Waals surface area contributed by atoms with Crippen LogP contribution in [-0.2, 0) is 12.0 Å². The van der Waals surface area contributed by atoms with E-state index in [9.17, 15) is 5.11 Å². The van der Waals surface area contributed by atoms with Crippen LogP contribution in [0.25, 0.3) is 0 Å². The molecule has 0 saturated carbocycles. The summed E-state index contributed by atoms with van der Waals surface area (Å²) in [5.74, 6) is 1.35. The third-order valence-corrected chi connectivity index (χ3v) is 5.06. The molecule has 0 heterocycles. The molecule has 0 unspecified atom stereocenters. The second kappa shape index (κ2) is 7.73. The van der Waals surface area contributed by atoms with E-state index in [-0.39, 0.29) is 5.41 Å². The molecule has 1 N–H and O–H groups in total. The molecule has 2 aromatic carbocycles. The molecule has 26 heavy (non-hydrogen) atoms. The van der Waals surface area contributed by atoms with Crippen molar-refractivity contribution in [3.8, 4) is 5.75 Å². The van der Waals surface area contributed by atoms with Gasteiger partial charge in [-0.3, -0.25) is 0 Å². The van der Waals surface area contributed by atoms with Crippen LogP contribution in [0.2, 0.25) is 0 Å². The quantitative estimate of drug-likeness (QED) is 0.657. The van der Waals surface area contributed by atoms with Crippen molar-refractivity contribution in [2.75, 3.05) is 11.9 Å². The summed E-state index contributed by atoms with van der Waals surface area (Å²) in [6, 6.07) is 12.7. The minimum Gasteiger partial charge on any atom is -0.507 e. The molecule has 0 atom stereocenters. The van der Waals surface area contributed by atoms with E-state index in [1.807, 2.05) is 12.1 Å². The fourth-order valence-electron chi connectivity index (χ4n) is 3.61. The zero-order valence-electron chi connectivity index (χ0n) is 17.7. The highest BCUT2D eigenvalue weighted by Crippen LogP contribution is 2.38. The predicted octanol–water partition coefficient (Wildman–Crippen LogP) is 6.57. The second-order valence-electron chi connectivity index (χ2n) is 9.01. The van der Waals surface area contributed by atoms with Crippen molar-refractivity contribution >= 4 is 5.69 Å². The van der Waals surface area contributed by atoms with Crippen molar-refractivity contribution in [3.63, 3.8) is 0 Å². The van der Waals surface area contributed by atoms with Gasteiger partial charge in [-0.05, 0) is 33.9 Å². The van der Waals surface area contributed by atoms with Gasteiger partial charge in [-0.15, -0.1) is 0 Å². The maximum Gasteiger partial charge on any atom is 0.124 e. The van der Waals surface area contributed by atoms with E-state index in [1.54, 1.807) is 0 Å². The molecule has 0 fully saturated rings. The summed E-state index contributed by atoms with van der Waals surface area (Å²) in [4.78, 5) is 2.30. The molecule has 0 aliphatic heterocycles. The first-order valence-electron chi connectivity index (χ1n) is 9.69. The number of benzene rings is 2. The molecule has 0 aliphatic carbocycles. The van der Waals surface area contributed by atoms with Gasteiger partial charge in [0.1, 0.15) is 5.75 Å². The minimum atomic E-state index is -0.0718. The highest BCUT2D eigenvalue weighted by Gasteiger charge is 2.22. The number of para-hydroxylation sites is 2. The number of anilines is 1. The van der Waals surface area contributed by atoms with Gasteiger partial charge < -0.3 is 10.0 Å². The van der Waals surface area contributed by atoms with Gasteiger partial charge in [0.25, 0.3) is 0 Å². The number of hydrogen-bond acceptors (Lipinski definition) is 2. The topological polar surface area (TPSA) is 23.5 Å². The lowest BCUT2D eigenvalue weighted by Crippen LogP contribution is -2.21. The number of hydrogen-bond donors (Lipinski definition) is 1. The number of aromatic hydroxyl groups is 1. The van der Waals surface area contributed by atoms with Gasteiger partial charge in [-0.1, -0.05) is 84.9 Å². The maximum atomic E-state index is 10.9. The number of phenolic OH excluding ortho intramolecular Hbond substituents is 1. The molecule has 0 aromatic heterocycles. The first kappa shape index (κ1) is 20.4. The van der Waals surface area contributed by atoms with Crippen LogP contribution >= 0.6 is 0 Å². The summed E-state index contributed by atoms with van der Waals surface area (Å²) in [6.45, 7) is 16.1. The van der Waals surface area contributed by atoms with Crippen LogP contribution in [0.1, 0.15) is 82.6 Å². The summed E-state index contributed by atoms with van der Waals surface area (Å²) >= 11 is 0. The van der Waals surface area contributed by atoms with Gasteiger partial charge in [-0.25, -0.2) is 0 Å². The van der Waals surface area contributed by atoms with Crippen LogP contribution in [0.15, 0.2) is 36.4 Å². The first-order valence-corrected chi connectivity index (χ1v) is 9.69. The monoisotopic (exact) mass is 353 g/mol. The summed E-state index contributed by atoms with van der Waals surface area (Å²) in [5.41, 5.74) is 5.95. The average Bonchev–Trinajstić information content (AvgIpc) is 2.54. The van der Waals surface area contributed by atoms with Crippen molar-refractivity contribution < 1.29 is 5.11 Å². The highest BCUT2D eigenvalue weighted by molar-refractivity contribution is 5.62. The SMILES string of the molecule is CC(C)c1cccc(C(C)C)c1N(C)Cc1cccc(C(C)(C)C)c1O. The number of phenols is 1. The zero-order valence-corrected chi connectivity index (χ0v) is 17.7. The normalized spacial score (nSPS) is 12.1. The van der Waals surface area contributed by atoms with Gasteiger partial charge in [0.2, 0.25) is 0 Å². The molecule has 0 saturated heterocycles. The van der Waals surface area contributed by atoms with Crippen LogP contribution in [0.4, 0.5) is 5.69 Å². The predicted molar refractivity (Wildman–Crippen MR) is 114 cm³/mol. The molecule has 142 valence electrons. The second-order valence-corrected chi connectivity index (χ2v) is 9.01. The maximum absolute atomic E-state index is 10.9. The van der Waals surface area contributed by atoms with Crippen LogP contribution in [-0.4, -0.2) is 12.2 Å². The Morgan fingerprint density at radius 2 is 1.38 bits per heavy atom. The summed E-state index contributed by atoms with van der Waals surface area (Å²) in [7, 11) is 2.14. The standard InChI is InChI=1S/C24H35NO/c1-16(2)19-12-10-13-20(17(3)4)22(19)25(8)15-18-11-9-14-21(23(18)26)24(5,6)7/h9-14,16-17,26H,15H2,1-8H3. The van der Waals surface area contributed by atoms with Gasteiger partial charge in [0.15, 0.2) is 0 Å². The molecule has 0 radical (unpaired) electrons. The van der Waals surface area contributed by atoms with Crippen molar-refractivity contribution in [3.05, 3.63) is 58.7 Å². The van der Waals surface area contributed by atoms with E-state index >= 15 is 0 Å². The van der Waals surface area contributed by atoms with Crippen molar-refractivity contribution in [2.24, 2.45) is 0 Å². The summed E-state index contributed by atoms with van der Waals surface area (Å²) in [6.07, 6.45) is 0. The van der Waals surface area contributed by atoms with E-state index in [2.05, 4.69) is 84.7 Å². The van der Waals surface area contributed by atoms with Crippen molar-refractivity contribution in [1.82, 2.24) is 0 Å². The molecular weight excluding hydrogens is 318 g/mol. The number of nitrogens with zero attached hydrogens (tertiary/aromatic N) is 1. The Hall–Kier alpha value is -1.96. The van der Waals surface area contributed by atoms with E-state index < -0.39 is 0 Å². The van der Waals surface area contributed by atoms with Gasteiger partial charge in [0.05, 0.1) is 0 Å². The Labute approximate surface area is 159 Å². The van der Waals surface area contributed by atoms with Crippen LogP contribution < -0.4 is 4.90 Å². The number of rotatable bonds is 5. The largest absolute Gasteiger partial charge is 0.507 e. The van der Waals surface area contributed by atoms with E-state index in [4.69, 9.17) is 0 Å². The van der Waals surface area contributed by atoms with E-state index in [1.165, 1.54) is 16.8 Å². The lowest BCUT2D eigenvalue weighted by molar-refractivity contribution is 0.440. The fourth-order valence-corrected chi connectivity index (χ4v) is 3.61. The molecule has 2 nitrogen and oxygen atoms in total. The third kappa shape index (κ3) is 4.23. The Morgan fingerprint density at radius 1 is 0.885 bits per heavy atom. The zero-order chi connectivity index (χ0) is 19.6. The van der Waals surface area contributed by atoms with Crippen LogP contribution in [0.3, 0.4) is 0 Å². The Balaban J connectivity index is 2.48. The Morgan fingerprint density at radius 3 is 1.85 bits per heavy atom. The van der Waals surface area contributed by atoms with Crippen LogP contribution in [0, 0.1) is 0 Å². The van der Waals surface area contributed by atoms with Gasteiger partial charge in [-0.2, -0.15) is 0 Å². The molecular formula is C24H35NO. The highest BCUT2D eigenvalue weighted by atomic mass is 16.3. The molecule has 0 spiro atoms. The molecule has 2 heteroatoms. The average molecular weight is 354 g/mol. The lowest BCUT2D eigenvalue weighted by Gasteiger charge is -2.29.